The zero-order chi connectivity index (χ0) is 16.4. The van der Waals surface area contributed by atoms with Gasteiger partial charge in [0.15, 0.2) is 0 Å². The second-order valence-corrected chi connectivity index (χ2v) is 7.22. The van der Waals surface area contributed by atoms with Crippen molar-refractivity contribution in [3.8, 4) is 0 Å². The molecule has 1 N–H and O–H groups in total. The molecule has 1 unspecified atom stereocenters. The van der Waals surface area contributed by atoms with Crippen molar-refractivity contribution in [2.24, 2.45) is 4.99 Å². The zero-order valence-electron chi connectivity index (χ0n) is 13.0. The molecule has 0 bridgehead atoms. The van der Waals surface area contributed by atoms with Gasteiger partial charge >= 0.3 is 0 Å². The molecule has 0 fully saturated rings. The predicted molar refractivity (Wildman–Crippen MR) is 90.4 cm³/mol. The standard InChI is InChI=1S/C17H18N2O3S/c1-12-7-9-14(10-8-12)23(20,21)19-16-6-4-3-5-15(16)17-18-11-13(2)22-17/h3-10,13,19H,11H2,1-2H3. The van der Waals surface area contributed by atoms with E-state index in [9.17, 15) is 8.42 Å². The van der Waals surface area contributed by atoms with Crippen LogP contribution < -0.4 is 4.72 Å². The fourth-order valence-corrected chi connectivity index (χ4v) is 3.38. The van der Waals surface area contributed by atoms with Crippen LogP contribution in [0.3, 0.4) is 0 Å². The molecule has 2 aromatic carbocycles. The van der Waals surface area contributed by atoms with E-state index < -0.39 is 10.0 Å². The van der Waals surface area contributed by atoms with Crippen molar-refractivity contribution in [3.63, 3.8) is 0 Å². The number of benzene rings is 2. The van der Waals surface area contributed by atoms with Crippen molar-refractivity contribution in [2.45, 2.75) is 24.8 Å². The number of aryl methyl sites for hydroxylation is 1. The first-order valence-corrected chi connectivity index (χ1v) is 8.84. The highest BCUT2D eigenvalue weighted by Crippen LogP contribution is 2.23. The summed E-state index contributed by atoms with van der Waals surface area (Å²) >= 11 is 0. The van der Waals surface area contributed by atoms with Crippen LogP contribution in [0.5, 0.6) is 0 Å². The van der Waals surface area contributed by atoms with Gasteiger partial charge in [-0.05, 0) is 38.1 Å². The molecular weight excluding hydrogens is 312 g/mol. The van der Waals surface area contributed by atoms with E-state index in [2.05, 4.69) is 9.71 Å². The molecule has 3 rings (SSSR count). The summed E-state index contributed by atoms with van der Waals surface area (Å²) in [6, 6.07) is 13.8. The molecule has 2 aromatic rings. The Morgan fingerprint density at radius 1 is 1.13 bits per heavy atom. The average molecular weight is 330 g/mol. The van der Waals surface area contributed by atoms with E-state index in [4.69, 9.17) is 4.74 Å². The third kappa shape index (κ3) is 3.37. The van der Waals surface area contributed by atoms with Crippen molar-refractivity contribution >= 4 is 21.6 Å². The van der Waals surface area contributed by atoms with Crippen LogP contribution in [0.15, 0.2) is 58.4 Å². The molecule has 1 atom stereocenters. The van der Waals surface area contributed by atoms with Crippen LogP contribution in [-0.4, -0.2) is 27.0 Å². The molecule has 0 spiro atoms. The number of hydrogen-bond acceptors (Lipinski definition) is 4. The summed E-state index contributed by atoms with van der Waals surface area (Å²) < 4.78 is 33.4. The Morgan fingerprint density at radius 3 is 2.48 bits per heavy atom. The highest BCUT2D eigenvalue weighted by atomic mass is 32.2. The van der Waals surface area contributed by atoms with Gasteiger partial charge in [0.2, 0.25) is 5.90 Å². The van der Waals surface area contributed by atoms with Gasteiger partial charge in [0.25, 0.3) is 10.0 Å². The lowest BCUT2D eigenvalue weighted by Gasteiger charge is -2.13. The van der Waals surface area contributed by atoms with Gasteiger partial charge < -0.3 is 4.74 Å². The number of nitrogens with zero attached hydrogens (tertiary/aromatic N) is 1. The largest absolute Gasteiger partial charge is 0.472 e. The lowest BCUT2D eigenvalue weighted by Crippen LogP contribution is -2.16. The quantitative estimate of drug-likeness (QED) is 0.937. The molecule has 6 heteroatoms. The monoisotopic (exact) mass is 330 g/mol. The molecular formula is C17H18N2O3S. The Hall–Kier alpha value is -2.34. The van der Waals surface area contributed by atoms with Crippen molar-refractivity contribution in [3.05, 3.63) is 59.7 Å². The molecule has 0 aliphatic carbocycles. The molecule has 1 aliphatic heterocycles. The minimum atomic E-state index is -3.66. The van der Waals surface area contributed by atoms with E-state index in [1.165, 1.54) is 0 Å². The van der Waals surface area contributed by atoms with Crippen molar-refractivity contribution in [1.82, 2.24) is 0 Å². The molecule has 1 aliphatic rings. The molecule has 1 heterocycles. The molecule has 0 saturated heterocycles. The predicted octanol–water partition coefficient (Wildman–Crippen LogP) is 2.96. The van der Waals surface area contributed by atoms with Gasteiger partial charge in [-0.3, -0.25) is 4.72 Å². The Balaban J connectivity index is 1.93. The normalized spacial score (nSPS) is 17.5. The van der Waals surface area contributed by atoms with Crippen molar-refractivity contribution in [1.29, 1.82) is 0 Å². The first kappa shape index (κ1) is 15.6. The van der Waals surface area contributed by atoms with Gasteiger partial charge in [-0.1, -0.05) is 29.8 Å². The van der Waals surface area contributed by atoms with Gasteiger partial charge in [-0.2, -0.15) is 0 Å². The molecule has 0 aromatic heterocycles. The number of para-hydroxylation sites is 1. The molecule has 23 heavy (non-hydrogen) atoms. The van der Waals surface area contributed by atoms with E-state index >= 15 is 0 Å². The second-order valence-electron chi connectivity index (χ2n) is 5.54. The lowest BCUT2D eigenvalue weighted by molar-refractivity contribution is 0.246. The summed E-state index contributed by atoms with van der Waals surface area (Å²) in [5.74, 6) is 0.472. The fourth-order valence-electron chi connectivity index (χ4n) is 2.30. The topological polar surface area (TPSA) is 67.8 Å². The number of rotatable bonds is 4. The summed E-state index contributed by atoms with van der Waals surface area (Å²) in [5, 5.41) is 0. The average Bonchev–Trinajstić information content (AvgIpc) is 2.94. The highest BCUT2D eigenvalue weighted by Gasteiger charge is 2.22. The van der Waals surface area contributed by atoms with Crippen LogP contribution >= 0.6 is 0 Å². The van der Waals surface area contributed by atoms with Crippen LogP contribution in [0.25, 0.3) is 0 Å². The van der Waals surface area contributed by atoms with Gasteiger partial charge in [0, 0.05) is 0 Å². The summed E-state index contributed by atoms with van der Waals surface area (Å²) in [6.07, 6.45) is 0.00626. The van der Waals surface area contributed by atoms with Gasteiger partial charge in [-0.25, -0.2) is 13.4 Å². The molecule has 120 valence electrons. The minimum absolute atomic E-state index is 0.00626. The summed E-state index contributed by atoms with van der Waals surface area (Å²) in [4.78, 5) is 4.54. The van der Waals surface area contributed by atoms with Gasteiger partial charge in [-0.15, -0.1) is 0 Å². The number of ether oxygens (including phenoxy) is 1. The first-order chi connectivity index (χ1) is 11.0. The van der Waals surface area contributed by atoms with Crippen LogP contribution in [0.1, 0.15) is 18.1 Å². The van der Waals surface area contributed by atoms with E-state index in [-0.39, 0.29) is 11.0 Å². The maximum Gasteiger partial charge on any atom is 0.261 e. The maximum absolute atomic E-state index is 12.6. The molecule has 0 radical (unpaired) electrons. The number of anilines is 1. The Bertz CT molecular complexity index is 842. The van der Waals surface area contributed by atoms with Gasteiger partial charge in [0.1, 0.15) is 6.10 Å². The summed E-state index contributed by atoms with van der Waals surface area (Å²) in [5.41, 5.74) is 2.11. The van der Waals surface area contributed by atoms with E-state index in [1.54, 1.807) is 42.5 Å². The summed E-state index contributed by atoms with van der Waals surface area (Å²) in [7, 11) is -3.66. The summed E-state index contributed by atoms with van der Waals surface area (Å²) in [6.45, 7) is 4.42. The molecule has 0 amide bonds. The molecule has 5 nitrogen and oxygen atoms in total. The second kappa shape index (κ2) is 6.04. The number of nitrogens with one attached hydrogen (secondary N) is 1. The van der Waals surface area contributed by atoms with Crippen LogP contribution in [-0.2, 0) is 14.8 Å². The highest BCUT2D eigenvalue weighted by molar-refractivity contribution is 7.92. The van der Waals surface area contributed by atoms with Crippen molar-refractivity contribution < 1.29 is 13.2 Å². The number of aliphatic imine (C=N–C) groups is 1. The third-order valence-electron chi connectivity index (χ3n) is 3.54. The van der Waals surface area contributed by atoms with Crippen LogP contribution in [0.2, 0.25) is 0 Å². The lowest BCUT2D eigenvalue weighted by atomic mass is 10.2. The van der Waals surface area contributed by atoms with E-state index in [0.717, 1.165) is 5.56 Å². The fraction of sp³-hybridized carbons (Fsp3) is 0.235. The first-order valence-electron chi connectivity index (χ1n) is 7.36. The van der Waals surface area contributed by atoms with E-state index in [0.29, 0.717) is 23.7 Å². The smallest absolute Gasteiger partial charge is 0.261 e. The molecule has 0 saturated carbocycles. The number of hydrogen-bond donors (Lipinski definition) is 1. The zero-order valence-corrected chi connectivity index (χ0v) is 13.8. The Kier molecular flexibility index (Phi) is 4.09. The maximum atomic E-state index is 12.6. The number of sulfonamides is 1. The SMILES string of the molecule is Cc1ccc(S(=O)(=O)Nc2ccccc2C2=NCC(C)O2)cc1. The van der Waals surface area contributed by atoms with Crippen LogP contribution in [0.4, 0.5) is 5.69 Å². The van der Waals surface area contributed by atoms with E-state index in [1.807, 2.05) is 19.9 Å². The Morgan fingerprint density at radius 2 is 1.83 bits per heavy atom. The Labute approximate surface area is 136 Å². The minimum Gasteiger partial charge on any atom is -0.472 e. The van der Waals surface area contributed by atoms with Gasteiger partial charge in [0.05, 0.1) is 22.7 Å². The third-order valence-corrected chi connectivity index (χ3v) is 4.92. The van der Waals surface area contributed by atoms with Crippen LogP contribution in [0, 0.1) is 6.92 Å². The van der Waals surface area contributed by atoms with Crippen molar-refractivity contribution in [2.75, 3.05) is 11.3 Å².